The van der Waals surface area contributed by atoms with Gasteiger partial charge in [0.1, 0.15) is 4.88 Å². The highest BCUT2D eigenvalue weighted by atomic mass is 79.9. The minimum absolute atomic E-state index is 0.0121. The first kappa shape index (κ1) is 12.6. The van der Waals surface area contributed by atoms with Crippen molar-refractivity contribution in [3.63, 3.8) is 0 Å². The van der Waals surface area contributed by atoms with Crippen LogP contribution in [0, 0.1) is 0 Å². The van der Waals surface area contributed by atoms with E-state index in [1.54, 1.807) is 0 Å². The molecule has 1 fully saturated rings. The number of hydrogen-bond acceptors (Lipinski definition) is 3. The van der Waals surface area contributed by atoms with Crippen molar-refractivity contribution in [3.8, 4) is 0 Å². The third-order valence-corrected chi connectivity index (χ3v) is 4.24. The van der Waals surface area contributed by atoms with E-state index in [2.05, 4.69) is 26.6 Å². The molecule has 1 aromatic rings. The zero-order valence-corrected chi connectivity index (χ0v) is 11.6. The predicted molar refractivity (Wildman–Crippen MR) is 70.1 cm³/mol. The maximum atomic E-state index is 11.7. The number of thiophene rings is 1. The number of amides is 2. The van der Waals surface area contributed by atoms with E-state index in [0.29, 0.717) is 23.9 Å². The zero-order chi connectivity index (χ0) is 12.3. The van der Waals surface area contributed by atoms with Crippen LogP contribution in [0.3, 0.4) is 0 Å². The molecule has 0 aromatic carbocycles. The Kier molecular flexibility index (Phi) is 4.17. The Labute approximate surface area is 112 Å². The molecule has 2 amide bonds. The molecule has 0 atom stereocenters. The normalized spacial score (nSPS) is 14.4. The van der Waals surface area contributed by atoms with Gasteiger partial charge in [0.25, 0.3) is 5.91 Å². The fraction of sp³-hybridized carbons (Fsp3) is 0.455. The van der Waals surface area contributed by atoms with E-state index in [-0.39, 0.29) is 11.8 Å². The Balaban J connectivity index is 1.69. The van der Waals surface area contributed by atoms with Crippen molar-refractivity contribution in [3.05, 3.63) is 20.8 Å². The molecule has 1 aliphatic rings. The van der Waals surface area contributed by atoms with E-state index in [1.165, 1.54) is 11.3 Å². The fourth-order valence-corrected chi connectivity index (χ4v) is 2.82. The summed E-state index contributed by atoms with van der Waals surface area (Å²) in [4.78, 5) is 23.7. The summed E-state index contributed by atoms with van der Waals surface area (Å²) < 4.78 is 0.794. The zero-order valence-electron chi connectivity index (χ0n) is 9.16. The van der Waals surface area contributed by atoms with Gasteiger partial charge in [0, 0.05) is 23.5 Å². The summed E-state index contributed by atoms with van der Waals surface area (Å²) in [5.74, 6) is -0.121. The molecule has 0 bridgehead atoms. The minimum Gasteiger partial charge on any atom is -0.353 e. The average Bonchev–Trinajstić information content (AvgIpc) is 2.98. The van der Waals surface area contributed by atoms with Gasteiger partial charge in [0.2, 0.25) is 5.91 Å². The second kappa shape index (κ2) is 5.64. The Morgan fingerprint density at radius 1 is 1.47 bits per heavy atom. The van der Waals surface area contributed by atoms with Crippen molar-refractivity contribution < 1.29 is 9.59 Å². The molecule has 0 aliphatic heterocycles. The molecule has 17 heavy (non-hydrogen) atoms. The molecule has 2 rings (SSSR count). The molecule has 6 heteroatoms. The molecule has 0 spiro atoms. The Bertz CT molecular complexity index is 429. The van der Waals surface area contributed by atoms with E-state index in [1.807, 2.05) is 11.4 Å². The van der Waals surface area contributed by atoms with E-state index in [9.17, 15) is 9.59 Å². The lowest BCUT2D eigenvalue weighted by Crippen LogP contribution is -2.31. The topological polar surface area (TPSA) is 58.2 Å². The molecule has 2 N–H and O–H groups in total. The monoisotopic (exact) mass is 316 g/mol. The summed E-state index contributed by atoms with van der Waals surface area (Å²) in [6.07, 6.45) is 2.51. The predicted octanol–water partition coefficient (Wildman–Crippen LogP) is 1.91. The molecular weight excluding hydrogens is 304 g/mol. The fourth-order valence-electron chi connectivity index (χ4n) is 1.35. The van der Waals surface area contributed by atoms with E-state index < -0.39 is 0 Å². The summed E-state index contributed by atoms with van der Waals surface area (Å²) in [5, 5.41) is 7.45. The standard InChI is InChI=1S/C11H13BrN2O2S/c12-8-4-6-17-10(8)11(16)13-5-3-9(15)14-7-1-2-7/h4,6-7H,1-3,5H2,(H,13,16)(H,14,15). The van der Waals surface area contributed by atoms with Crippen molar-refractivity contribution in [2.75, 3.05) is 6.54 Å². The van der Waals surface area contributed by atoms with Crippen molar-refractivity contribution in [1.82, 2.24) is 10.6 Å². The molecular formula is C11H13BrN2O2S. The highest BCUT2D eigenvalue weighted by molar-refractivity contribution is 9.10. The van der Waals surface area contributed by atoms with Crippen LogP contribution in [0.4, 0.5) is 0 Å². The number of halogens is 1. The van der Waals surface area contributed by atoms with Gasteiger partial charge in [-0.2, -0.15) is 0 Å². The largest absolute Gasteiger partial charge is 0.353 e. The SMILES string of the molecule is O=C(CCNC(=O)c1sccc1Br)NC1CC1. The lowest BCUT2D eigenvalue weighted by Gasteiger charge is -2.05. The van der Waals surface area contributed by atoms with Crippen LogP contribution >= 0.6 is 27.3 Å². The van der Waals surface area contributed by atoms with Crippen LogP contribution in [-0.4, -0.2) is 24.4 Å². The van der Waals surface area contributed by atoms with Crippen LogP contribution in [0.5, 0.6) is 0 Å². The van der Waals surface area contributed by atoms with Gasteiger partial charge in [0.15, 0.2) is 0 Å². The van der Waals surface area contributed by atoms with Gasteiger partial charge in [-0.25, -0.2) is 0 Å². The lowest BCUT2D eigenvalue weighted by atomic mass is 10.3. The number of carbonyl (C=O) groups excluding carboxylic acids is 2. The van der Waals surface area contributed by atoms with Crippen molar-refractivity contribution >= 4 is 39.1 Å². The lowest BCUT2D eigenvalue weighted by molar-refractivity contribution is -0.121. The quantitative estimate of drug-likeness (QED) is 0.871. The number of rotatable bonds is 5. The Morgan fingerprint density at radius 2 is 2.24 bits per heavy atom. The molecule has 0 saturated heterocycles. The first-order chi connectivity index (χ1) is 8.16. The van der Waals surface area contributed by atoms with Gasteiger partial charge < -0.3 is 10.6 Å². The summed E-state index contributed by atoms with van der Waals surface area (Å²) in [6, 6.07) is 2.21. The van der Waals surface area contributed by atoms with Gasteiger partial charge in [-0.3, -0.25) is 9.59 Å². The van der Waals surface area contributed by atoms with E-state index >= 15 is 0 Å². The summed E-state index contributed by atoms with van der Waals surface area (Å²) >= 11 is 4.68. The molecule has 92 valence electrons. The summed E-state index contributed by atoms with van der Waals surface area (Å²) in [6.45, 7) is 0.377. The second-order valence-corrected chi connectivity index (χ2v) is 5.72. The molecule has 1 aromatic heterocycles. The first-order valence-corrected chi connectivity index (χ1v) is 7.14. The van der Waals surface area contributed by atoms with Gasteiger partial charge in [-0.05, 0) is 40.2 Å². The van der Waals surface area contributed by atoms with Gasteiger partial charge in [0.05, 0.1) is 0 Å². The Hall–Kier alpha value is -0.880. The number of carbonyl (C=O) groups is 2. The van der Waals surface area contributed by atoms with Gasteiger partial charge in [-0.1, -0.05) is 0 Å². The smallest absolute Gasteiger partial charge is 0.262 e. The minimum atomic E-state index is -0.133. The maximum Gasteiger partial charge on any atom is 0.262 e. The first-order valence-electron chi connectivity index (χ1n) is 5.47. The van der Waals surface area contributed by atoms with Gasteiger partial charge in [-0.15, -0.1) is 11.3 Å². The number of hydrogen-bond donors (Lipinski definition) is 2. The van der Waals surface area contributed by atoms with Crippen LogP contribution in [-0.2, 0) is 4.79 Å². The van der Waals surface area contributed by atoms with Crippen LogP contribution in [0.15, 0.2) is 15.9 Å². The van der Waals surface area contributed by atoms with Gasteiger partial charge >= 0.3 is 0 Å². The Morgan fingerprint density at radius 3 is 2.82 bits per heavy atom. The second-order valence-electron chi connectivity index (χ2n) is 3.95. The highest BCUT2D eigenvalue weighted by Gasteiger charge is 2.22. The molecule has 1 saturated carbocycles. The summed E-state index contributed by atoms with van der Waals surface area (Å²) in [5.41, 5.74) is 0. The third kappa shape index (κ3) is 3.81. The van der Waals surface area contributed by atoms with Crippen molar-refractivity contribution in [2.24, 2.45) is 0 Å². The van der Waals surface area contributed by atoms with Crippen molar-refractivity contribution in [2.45, 2.75) is 25.3 Å². The average molecular weight is 317 g/mol. The molecule has 0 radical (unpaired) electrons. The summed E-state index contributed by atoms with van der Waals surface area (Å²) in [7, 11) is 0. The van der Waals surface area contributed by atoms with E-state index in [4.69, 9.17) is 0 Å². The van der Waals surface area contributed by atoms with Crippen LogP contribution in [0.2, 0.25) is 0 Å². The third-order valence-electron chi connectivity index (χ3n) is 2.40. The molecule has 1 aliphatic carbocycles. The van der Waals surface area contributed by atoms with Crippen molar-refractivity contribution in [1.29, 1.82) is 0 Å². The molecule has 0 unspecified atom stereocenters. The van der Waals surface area contributed by atoms with Crippen LogP contribution in [0.1, 0.15) is 28.9 Å². The van der Waals surface area contributed by atoms with Crippen LogP contribution in [0.25, 0.3) is 0 Å². The molecule has 4 nitrogen and oxygen atoms in total. The van der Waals surface area contributed by atoms with E-state index in [0.717, 1.165) is 17.3 Å². The number of nitrogens with one attached hydrogen (secondary N) is 2. The highest BCUT2D eigenvalue weighted by Crippen LogP contribution is 2.22. The van der Waals surface area contributed by atoms with Crippen LogP contribution < -0.4 is 10.6 Å². The molecule has 1 heterocycles. The maximum absolute atomic E-state index is 11.7.